The third-order valence-electron chi connectivity index (χ3n) is 3.66. The van der Waals surface area contributed by atoms with E-state index in [0.717, 1.165) is 20.5 Å². The molecule has 8 heteroatoms. The average Bonchev–Trinajstić information content (AvgIpc) is 3.33. The lowest BCUT2D eigenvalue weighted by Gasteiger charge is -2.07. The van der Waals surface area contributed by atoms with Crippen LogP contribution in [0.15, 0.2) is 35.7 Å². The van der Waals surface area contributed by atoms with Crippen LogP contribution < -0.4 is 20.1 Å². The van der Waals surface area contributed by atoms with E-state index in [2.05, 4.69) is 15.6 Å². The Kier molecular flexibility index (Phi) is 4.29. The zero-order chi connectivity index (χ0) is 17.2. The standard InChI is InChI=1S/C17H15N3O3S2/c1-10-15(25-16(19-10)14-3-2-6-24-14)8-18-17(21)20-11-4-5-12-13(7-11)23-9-22-12/h2-7H,8-9H2,1H3,(H2,18,20,21). The van der Waals surface area contributed by atoms with Crippen molar-refractivity contribution < 1.29 is 14.3 Å². The van der Waals surface area contributed by atoms with Crippen LogP contribution in [-0.2, 0) is 6.54 Å². The summed E-state index contributed by atoms with van der Waals surface area (Å²) in [6.45, 7) is 2.60. The van der Waals surface area contributed by atoms with Crippen molar-refractivity contribution in [2.75, 3.05) is 12.1 Å². The maximum atomic E-state index is 12.1. The third kappa shape index (κ3) is 3.45. The number of rotatable bonds is 4. The zero-order valence-corrected chi connectivity index (χ0v) is 15.0. The van der Waals surface area contributed by atoms with Crippen LogP contribution in [-0.4, -0.2) is 17.8 Å². The van der Waals surface area contributed by atoms with E-state index in [-0.39, 0.29) is 12.8 Å². The van der Waals surface area contributed by atoms with E-state index in [1.54, 1.807) is 40.9 Å². The molecule has 0 unspecified atom stereocenters. The lowest BCUT2D eigenvalue weighted by Crippen LogP contribution is -2.28. The van der Waals surface area contributed by atoms with Gasteiger partial charge in [-0.25, -0.2) is 9.78 Å². The lowest BCUT2D eigenvalue weighted by atomic mass is 10.3. The van der Waals surface area contributed by atoms with E-state index >= 15 is 0 Å². The summed E-state index contributed by atoms with van der Waals surface area (Å²) in [7, 11) is 0. The maximum absolute atomic E-state index is 12.1. The van der Waals surface area contributed by atoms with Crippen LogP contribution in [0.25, 0.3) is 9.88 Å². The highest BCUT2D eigenvalue weighted by molar-refractivity contribution is 7.21. The molecule has 6 nitrogen and oxygen atoms in total. The molecule has 2 aromatic heterocycles. The van der Waals surface area contributed by atoms with Gasteiger partial charge in [-0.3, -0.25) is 0 Å². The van der Waals surface area contributed by atoms with Crippen molar-refractivity contribution >= 4 is 34.4 Å². The first-order chi connectivity index (χ1) is 12.2. The second-order valence-corrected chi connectivity index (χ2v) is 7.41. The van der Waals surface area contributed by atoms with Gasteiger partial charge >= 0.3 is 6.03 Å². The van der Waals surface area contributed by atoms with E-state index in [4.69, 9.17) is 9.47 Å². The Balaban J connectivity index is 1.37. The molecule has 3 aromatic rings. The van der Waals surface area contributed by atoms with Crippen molar-refractivity contribution in [3.63, 3.8) is 0 Å². The molecule has 0 spiro atoms. The first-order valence-electron chi connectivity index (χ1n) is 7.64. The molecule has 0 bridgehead atoms. The van der Waals surface area contributed by atoms with Gasteiger partial charge in [0.05, 0.1) is 17.1 Å². The van der Waals surface area contributed by atoms with Gasteiger partial charge in [-0.2, -0.15) is 0 Å². The number of nitrogens with one attached hydrogen (secondary N) is 2. The number of carbonyl (C=O) groups excluding carboxylic acids is 1. The van der Waals surface area contributed by atoms with Crippen molar-refractivity contribution in [3.8, 4) is 21.4 Å². The largest absolute Gasteiger partial charge is 0.454 e. The number of thiophene rings is 1. The van der Waals surface area contributed by atoms with Crippen LogP contribution in [0.5, 0.6) is 11.5 Å². The second-order valence-electron chi connectivity index (χ2n) is 5.38. The molecule has 0 fully saturated rings. The number of urea groups is 1. The summed E-state index contributed by atoms with van der Waals surface area (Å²) in [5.74, 6) is 1.32. The van der Waals surface area contributed by atoms with E-state index in [0.29, 0.717) is 23.7 Å². The van der Waals surface area contributed by atoms with Crippen molar-refractivity contribution in [1.82, 2.24) is 10.3 Å². The SMILES string of the molecule is Cc1nc(-c2cccs2)sc1CNC(=O)Nc1ccc2c(c1)OCO2. The molecule has 0 radical (unpaired) electrons. The molecule has 128 valence electrons. The average molecular weight is 373 g/mol. The number of amides is 2. The van der Waals surface area contributed by atoms with Gasteiger partial charge in [0.1, 0.15) is 5.01 Å². The molecule has 1 aliphatic heterocycles. The lowest BCUT2D eigenvalue weighted by molar-refractivity contribution is 0.174. The van der Waals surface area contributed by atoms with E-state index in [1.807, 2.05) is 24.4 Å². The Morgan fingerprint density at radius 1 is 1.28 bits per heavy atom. The van der Waals surface area contributed by atoms with Crippen molar-refractivity contribution in [2.45, 2.75) is 13.5 Å². The van der Waals surface area contributed by atoms with Crippen LogP contribution in [0.1, 0.15) is 10.6 Å². The third-order valence-corrected chi connectivity index (χ3v) is 5.86. The first-order valence-corrected chi connectivity index (χ1v) is 9.33. The Morgan fingerprint density at radius 2 is 2.16 bits per heavy atom. The molecule has 1 aliphatic rings. The summed E-state index contributed by atoms with van der Waals surface area (Å²) in [5.41, 5.74) is 1.60. The van der Waals surface area contributed by atoms with Gasteiger partial charge in [0.15, 0.2) is 11.5 Å². The minimum absolute atomic E-state index is 0.211. The highest BCUT2D eigenvalue weighted by Gasteiger charge is 2.15. The Labute approximate surface area is 152 Å². The number of anilines is 1. The van der Waals surface area contributed by atoms with Crippen LogP contribution in [0, 0.1) is 6.92 Å². The van der Waals surface area contributed by atoms with Gasteiger partial charge in [-0.15, -0.1) is 22.7 Å². The minimum atomic E-state index is -0.274. The van der Waals surface area contributed by atoms with Gasteiger partial charge in [0, 0.05) is 16.6 Å². The van der Waals surface area contributed by atoms with Gasteiger partial charge in [-0.1, -0.05) is 6.07 Å². The number of hydrogen-bond acceptors (Lipinski definition) is 6. The van der Waals surface area contributed by atoms with Crippen LogP contribution >= 0.6 is 22.7 Å². The van der Waals surface area contributed by atoms with Crippen LogP contribution in [0.2, 0.25) is 0 Å². The number of ether oxygens (including phenoxy) is 2. The van der Waals surface area contributed by atoms with Crippen LogP contribution in [0.4, 0.5) is 10.5 Å². The Morgan fingerprint density at radius 3 is 3.00 bits per heavy atom. The summed E-state index contributed by atoms with van der Waals surface area (Å²) < 4.78 is 10.6. The summed E-state index contributed by atoms with van der Waals surface area (Å²) >= 11 is 3.26. The van der Waals surface area contributed by atoms with Crippen molar-refractivity contribution in [1.29, 1.82) is 0 Å². The monoisotopic (exact) mass is 373 g/mol. The minimum Gasteiger partial charge on any atom is -0.454 e. The fraction of sp³-hybridized carbons (Fsp3) is 0.176. The normalized spacial score (nSPS) is 12.2. The first kappa shape index (κ1) is 15.9. The summed E-state index contributed by atoms with van der Waals surface area (Å²) in [6.07, 6.45) is 0. The van der Waals surface area contributed by atoms with Crippen LogP contribution in [0.3, 0.4) is 0 Å². The number of hydrogen-bond donors (Lipinski definition) is 2. The van der Waals surface area contributed by atoms with E-state index in [1.165, 1.54) is 0 Å². The molecule has 2 N–H and O–H groups in total. The number of thiazole rings is 1. The molecule has 1 aromatic carbocycles. The molecule has 0 aliphatic carbocycles. The number of aryl methyl sites for hydroxylation is 1. The molecule has 3 heterocycles. The quantitative estimate of drug-likeness (QED) is 0.718. The second kappa shape index (κ2) is 6.73. The number of nitrogens with zero attached hydrogens (tertiary/aromatic N) is 1. The summed E-state index contributed by atoms with van der Waals surface area (Å²) in [6, 6.07) is 9.08. The number of benzene rings is 1. The van der Waals surface area contributed by atoms with Crippen molar-refractivity contribution in [3.05, 3.63) is 46.3 Å². The van der Waals surface area contributed by atoms with E-state index < -0.39 is 0 Å². The summed E-state index contributed by atoms with van der Waals surface area (Å²) in [5, 5.41) is 8.68. The molecule has 0 atom stereocenters. The highest BCUT2D eigenvalue weighted by atomic mass is 32.1. The van der Waals surface area contributed by atoms with Crippen molar-refractivity contribution in [2.24, 2.45) is 0 Å². The van der Waals surface area contributed by atoms with Gasteiger partial charge in [-0.05, 0) is 30.5 Å². The molecular weight excluding hydrogens is 358 g/mol. The molecule has 4 rings (SSSR count). The number of aromatic nitrogens is 1. The molecule has 0 saturated carbocycles. The Hall–Kier alpha value is -2.58. The van der Waals surface area contributed by atoms with Gasteiger partial charge in [0.25, 0.3) is 0 Å². The fourth-order valence-corrected chi connectivity index (χ4v) is 4.21. The highest BCUT2D eigenvalue weighted by Crippen LogP contribution is 2.34. The predicted octanol–water partition coefficient (Wildman–Crippen LogP) is 4.23. The predicted molar refractivity (Wildman–Crippen MR) is 98.6 cm³/mol. The number of carbonyl (C=O) groups is 1. The topological polar surface area (TPSA) is 72.5 Å². The van der Waals surface area contributed by atoms with Gasteiger partial charge in [0.2, 0.25) is 6.79 Å². The van der Waals surface area contributed by atoms with Gasteiger partial charge < -0.3 is 20.1 Å². The maximum Gasteiger partial charge on any atom is 0.319 e. The smallest absolute Gasteiger partial charge is 0.319 e. The fourth-order valence-electron chi connectivity index (χ4n) is 2.41. The zero-order valence-electron chi connectivity index (χ0n) is 13.4. The van der Waals surface area contributed by atoms with E-state index in [9.17, 15) is 4.79 Å². The summed E-state index contributed by atoms with van der Waals surface area (Å²) in [4.78, 5) is 18.9. The Bertz CT molecular complexity index is 906. The molecule has 0 saturated heterocycles. The molecule has 2 amide bonds. The molecular formula is C17H15N3O3S2. The molecule has 25 heavy (non-hydrogen) atoms. The number of fused-ring (bicyclic) bond motifs is 1.